The maximum atomic E-state index is 13.0. The molecule has 0 unspecified atom stereocenters. The number of aromatic nitrogens is 3. The van der Waals surface area contributed by atoms with Crippen LogP contribution in [0.5, 0.6) is 5.75 Å². The Morgan fingerprint density at radius 1 is 1.44 bits per heavy atom. The Hall–Kier alpha value is -2.80. The van der Waals surface area contributed by atoms with E-state index in [9.17, 15) is 4.79 Å². The van der Waals surface area contributed by atoms with Crippen LogP contribution in [0.3, 0.4) is 0 Å². The fourth-order valence-corrected chi connectivity index (χ4v) is 3.17. The van der Waals surface area contributed by atoms with E-state index in [1.165, 1.54) is 0 Å². The fourth-order valence-electron chi connectivity index (χ4n) is 3.17. The molecule has 0 bridgehead atoms. The van der Waals surface area contributed by atoms with Crippen LogP contribution in [-0.2, 0) is 4.74 Å². The van der Waals surface area contributed by atoms with Crippen molar-refractivity contribution in [1.29, 1.82) is 0 Å². The third-order valence-corrected chi connectivity index (χ3v) is 4.50. The number of ether oxygens (including phenoxy) is 2. The maximum absolute atomic E-state index is 13.0. The van der Waals surface area contributed by atoms with Crippen molar-refractivity contribution in [2.24, 2.45) is 0 Å². The minimum atomic E-state index is -0.230. The summed E-state index contributed by atoms with van der Waals surface area (Å²) in [4.78, 5) is 25.5. The van der Waals surface area contributed by atoms with Gasteiger partial charge in [-0.2, -0.15) is 0 Å². The van der Waals surface area contributed by atoms with Gasteiger partial charge in [-0.05, 0) is 25.1 Å². The molecule has 1 fully saturated rings. The number of nitrogens with one attached hydrogen (secondary N) is 2. The Kier molecular flexibility index (Phi) is 3.93. The normalized spacial score (nSPS) is 17.8. The van der Waals surface area contributed by atoms with Gasteiger partial charge in [-0.25, -0.2) is 4.98 Å². The number of aromatic amines is 2. The van der Waals surface area contributed by atoms with Crippen molar-refractivity contribution >= 4 is 16.8 Å². The number of rotatable bonds is 3. The summed E-state index contributed by atoms with van der Waals surface area (Å²) < 4.78 is 11.1. The van der Waals surface area contributed by atoms with Gasteiger partial charge >= 0.3 is 0 Å². The monoisotopic (exact) mass is 340 g/mol. The molecule has 2 N–H and O–H groups in total. The lowest BCUT2D eigenvalue weighted by atomic mass is 10.1. The maximum Gasteiger partial charge on any atom is 0.256 e. The van der Waals surface area contributed by atoms with Crippen molar-refractivity contribution in [2.75, 3.05) is 26.8 Å². The molecule has 2 aromatic heterocycles. The molecule has 0 saturated carbocycles. The first-order valence-corrected chi connectivity index (χ1v) is 8.23. The molecule has 0 spiro atoms. The molecule has 3 aromatic rings. The summed E-state index contributed by atoms with van der Waals surface area (Å²) in [7, 11) is 1.62. The first kappa shape index (κ1) is 15.7. The highest BCUT2D eigenvalue weighted by atomic mass is 16.5. The van der Waals surface area contributed by atoms with Gasteiger partial charge < -0.3 is 24.3 Å². The highest BCUT2D eigenvalue weighted by Crippen LogP contribution is 2.26. The van der Waals surface area contributed by atoms with Crippen molar-refractivity contribution in [2.45, 2.75) is 13.0 Å². The van der Waals surface area contributed by atoms with Gasteiger partial charge in [0.05, 0.1) is 25.8 Å². The van der Waals surface area contributed by atoms with Gasteiger partial charge in [-0.15, -0.1) is 0 Å². The second kappa shape index (κ2) is 6.25. The molecule has 4 rings (SSSR count). The first-order valence-electron chi connectivity index (χ1n) is 8.23. The third-order valence-electron chi connectivity index (χ3n) is 4.50. The van der Waals surface area contributed by atoms with Gasteiger partial charge in [-0.3, -0.25) is 4.79 Å². The van der Waals surface area contributed by atoms with E-state index in [4.69, 9.17) is 9.47 Å². The number of carbonyl (C=O) groups is 1. The highest BCUT2D eigenvalue weighted by molar-refractivity contribution is 6.07. The van der Waals surface area contributed by atoms with Crippen molar-refractivity contribution < 1.29 is 14.3 Å². The molecule has 7 heteroatoms. The molecular weight excluding hydrogens is 320 g/mol. The van der Waals surface area contributed by atoms with Gasteiger partial charge in [0, 0.05) is 35.5 Å². The Morgan fingerprint density at radius 3 is 3.08 bits per heavy atom. The smallest absolute Gasteiger partial charge is 0.256 e. The van der Waals surface area contributed by atoms with Gasteiger partial charge in [0.15, 0.2) is 0 Å². The first-order chi connectivity index (χ1) is 12.2. The van der Waals surface area contributed by atoms with Crippen LogP contribution in [0.15, 0.2) is 30.6 Å². The van der Waals surface area contributed by atoms with E-state index in [1.807, 2.05) is 30.0 Å². The van der Waals surface area contributed by atoms with E-state index in [0.717, 1.165) is 28.2 Å². The summed E-state index contributed by atoms with van der Waals surface area (Å²) in [5.41, 5.74) is 2.53. The Balaban J connectivity index is 1.60. The molecule has 0 aliphatic carbocycles. The molecule has 1 aromatic carbocycles. The van der Waals surface area contributed by atoms with Crippen LogP contribution < -0.4 is 4.74 Å². The molecule has 1 atom stereocenters. The van der Waals surface area contributed by atoms with E-state index in [1.54, 1.807) is 19.5 Å². The molecule has 0 radical (unpaired) electrons. The number of benzene rings is 1. The molecule has 1 aliphatic heterocycles. The van der Waals surface area contributed by atoms with Crippen LogP contribution in [-0.4, -0.2) is 52.6 Å². The van der Waals surface area contributed by atoms with E-state index < -0.39 is 0 Å². The number of imidazole rings is 1. The van der Waals surface area contributed by atoms with Crippen LogP contribution in [0.1, 0.15) is 28.0 Å². The lowest BCUT2D eigenvalue weighted by Gasteiger charge is -2.32. The van der Waals surface area contributed by atoms with Gasteiger partial charge in [0.25, 0.3) is 5.91 Å². The summed E-state index contributed by atoms with van der Waals surface area (Å²) in [5, 5.41) is 0.862. The largest absolute Gasteiger partial charge is 0.497 e. The van der Waals surface area contributed by atoms with Crippen molar-refractivity contribution in [3.63, 3.8) is 0 Å². The van der Waals surface area contributed by atoms with E-state index in [0.29, 0.717) is 25.3 Å². The average Bonchev–Trinajstić information content (AvgIpc) is 3.27. The predicted molar refractivity (Wildman–Crippen MR) is 92.8 cm³/mol. The lowest BCUT2D eigenvalue weighted by Crippen LogP contribution is -2.42. The zero-order valence-electron chi connectivity index (χ0n) is 14.2. The van der Waals surface area contributed by atoms with Crippen LogP contribution in [0.4, 0.5) is 0 Å². The zero-order valence-corrected chi connectivity index (χ0v) is 14.2. The number of fused-ring (bicyclic) bond motifs is 1. The number of carbonyl (C=O) groups excluding carboxylic acids is 1. The number of hydrogen-bond acceptors (Lipinski definition) is 4. The van der Waals surface area contributed by atoms with Crippen molar-refractivity contribution in [3.8, 4) is 5.75 Å². The summed E-state index contributed by atoms with van der Waals surface area (Å²) in [6.07, 6.45) is 3.30. The van der Waals surface area contributed by atoms with Crippen molar-refractivity contribution in [1.82, 2.24) is 19.9 Å². The predicted octanol–water partition coefficient (Wildman–Crippen LogP) is 2.42. The van der Waals surface area contributed by atoms with E-state index >= 15 is 0 Å². The zero-order chi connectivity index (χ0) is 17.4. The lowest BCUT2D eigenvalue weighted by molar-refractivity contribution is -0.0264. The number of methoxy groups -OCH3 is 1. The molecular formula is C18H20N4O3. The molecule has 3 heterocycles. The summed E-state index contributed by atoms with van der Waals surface area (Å²) in [5.74, 6) is 1.47. The molecule has 1 amide bonds. The number of morpholine rings is 1. The molecule has 1 aliphatic rings. The van der Waals surface area contributed by atoms with Crippen LogP contribution in [0.2, 0.25) is 0 Å². The second-order valence-electron chi connectivity index (χ2n) is 6.18. The number of aryl methyl sites for hydroxylation is 1. The Labute approximate surface area is 145 Å². The van der Waals surface area contributed by atoms with Crippen molar-refractivity contribution in [3.05, 3.63) is 47.7 Å². The van der Waals surface area contributed by atoms with E-state index in [2.05, 4.69) is 15.0 Å². The number of nitrogens with zero attached hydrogens (tertiary/aromatic N) is 2. The summed E-state index contributed by atoms with van der Waals surface area (Å²) in [6.45, 7) is 3.47. The molecule has 7 nitrogen and oxygen atoms in total. The number of hydrogen-bond donors (Lipinski definition) is 2. The molecule has 130 valence electrons. The summed E-state index contributed by atoms with van der Waals surface area (Å²) in [6, 6.07) is 5.67. The standard InChI is InChI=1S/C18H20N4O3/c1-11-8-20-17(21-11)16-10-22(5-6-25-16)18(23)14-9-19-15-4-3-12(24-2)7-13(14)15/h3-4,7-9,16,19H,5-6,10H2,1-2H3,(H,20,21)/t16-/m1/s1. The summed E-state index contributed by atoms with van der Waals surface area (Å²) >= 11 is 0. The van der Waals surface area contributed by atoms with Crippen LogP contribution in [0, 0.1) is 6.92 Å². The Morgan fingerprint density at radius 2 is 2.32 bits per heavy atom. The van der Waals surface area contributed by atoms with Gasteiger partial charge in [-0.1, -0.05) is 0 Å². The van der Waals surface area contributed by atoms with Gasteiger partial charge in [0.1, 0.15) is 17.7 Å². The second-order valence-corrected chi connectivity index (χ2v) is 6.18. The third kappa shape index (κ3) is 2.87. The minimum Gasteiger partial charge on any atom is -0.497 e. The SMILES string of the molecule is COc1ccc2[nH]cc(C(=O)N3CCO[C@@H](c4ncc(C)[nH]4)C3)c2c1. The highest BCUT2D eigenvalue weighted by Gasteiger charge is 2.29. The minimum absolute atomic E-state index is 0.0175. The number of H-pyrrole nitrogens is 2. The Bertz CT molecular complexity index is 914. The molecule has 1 saturated heterocycles. The average molecular weight is 340 g/mol. The molecule has 25 heavy (non-hydrogen) atoms. The topological polar surface area (TPSA) is 83.2 Å². The quantitative estimate of drug-likeness (QED) is 0.767. The van der Waals surface area contributed by atoms with Crippen LogP contribution >= 0.6 is 0 Å². The fraction of sp³-hybridized carbons (Fsp3) is 0.333. The van der Waals surface area contributed by atoms with E-state index in [-0.39, 0.29) is 12.0 Å². The van der Waals surface area contributed by atoms with Crippen LogP contribution in [0.25, 0.3) is 10.9 Å². The van der Waals surface area contributed by atoms with Gasteiger partial charge in [0.2, 0.25) is 0 Å². The number of amides is 1.